The van der Waals surface area contributed by atoms with Crippen LogP contribution in [0.3, 0.4) is 0 Å². The molecule has 0 bridgehead atoms. The van der Waals surface area contributed by atoms with Crippen molar-refractivity contribution in [3.8, 4) is 12.1 Å². The van der Waals surface area contributed by atoms with Crippen molar-refractivity contribution in [3.63, 3.8) is 0 Å². The van der Waals surface area contributed by atoms with E-state index in [1.54, 1.807) is 12.1 Å². The van der Waals surface area contributed by atoms with Gasteiger partial charge < -0.3 is 5.11 Å². The molecule has 0 aliphatic rings. The van der Waals surface area contributed by atoms with E-state index in [2.05, 4.69) is 10.2 Å². The Morgan fingerprint density at radius 1 is 1.27 bits per heavy atom. The van der Waals surface area contributed by atoms with Crippen LogP contribution in [0.2, 0.25) is 0 Å². The summed E-state index contributed by atoms with van der Waals surface area (Å²) in [5.41, 5.74) is 0. The second-order valence-electron chi connectivity index (χ2n) is 2.41. The van der Waals surface area contributed by atoms with Crippen molar-refractivity contribution in [1.82, 2.24) is 0 Å². The van der Waals surface area contributed by atoms with Crippen LogP contribution in [0.1, 0.15) is 26.2 Å². The number of rotatable bonds is 5. The van der Waals surface area contributed by atoms with Crippen LogP contribution in [0.4, 0.5) is 0 Å². The van der Waals surface area contributed by atoms with E-state index in [0.717, 1.165) is 12.8 Å². The molecule has 0 saturated carbocycles. The summed E-state index contributed by atoms with van der Waals surface area (Å²) < 4.78 is 0. The molecule has 0 rings (SSSR count). The van der Waals surface area contributed by atoms with Crippen molar-refractivity contribution in [3.05, 3.63) is 0 Å². The lowest BCUT2D eigenvalue weighted by atomic mass is 10.3. The number of hydrogen-bond acceptors (Lipinski definition) is 5. The van der Waals surface area contributed by atoms with Gasteiger partial charge in [-0.2, -0.15) is 20.8 Å². The molecule has 0 atom stereocenters. The van der Waals surface area contributed by atoms with Crippen molar-refractivity contribution in [1.29, 1.82) is 10.5 Å². The van der Waals surface area contributed by atoms with Crippen molar-refractivity contribution >= 4 is 5.97 Å². The molecule has 82 valence electrons. The van der Waals surface area contributed by atoms with E-state index in [9.17, 15) is 4.79 Å². The van der Waals surface area contributed by atoms with Gasteiger partial charge in [-0.1, -0.05) is 13.3 Å². The fraction of sp³-hybridized carbons (Fsp3) is 0.667. The Morgan fingerprint density at radius 3 is 1.93 bits per heavy atom. The Balaban J connectivity index is 0. The standard InChI is InChI=1S/C5H10O2.C4H4N4/c1-2-3-4-5(6)7;5-1-3-7-8-4-2-6/h2-4H2,1H3,(H,6,7);3-4H2. The average Bonchev–Trinajstić information content (AvgIpc) is 2.22. The molecule has 0 spiro atoms. The number of unbranched alkanes of at least 4 members (excludes halogenated alkanes) is 1. The van der Waals surface area contributed by atoms with Gasteiger partial charge in [-0.25, -0.2) is 0 Å². The number of nitriles is 2. The summed E-state index contributed by atoms with van der Waals surface area (Å²) in [5.74, 6) is -0.693. The highest BCUT2D eigenvalue weighted by molar-refractivity contribution is 5.66. The number of azo groups is 1. The number of carbonyl (C=O) groups is 1. The van der Waals surface area contributed by atoms with E-state index >= 15 is 0 Å². The molecular weight excluding hydrogens is 196 g/mol. The third kappa shape index (κ3) is 24.5. The maximum Gasteiger partial charge on any atom is 0.303 e. The number of hydrogen-bond donors (Lipinski definition) is 1. The minimum absolute atomic E-state index is 0.0433. The van der Waals surface area contributed by atoms with E-state index < -0.39 is 5.97 Å². The minimum atomic E-state index is -0.693. The summed E-state index contributed by atoms with van der Waals surface area (Å²) in [6.45, 7) is 2.06. The zero-order chi connectivity index (χ0) is 11.9. The predicted molar refractivity (Wildman–Crippen MR) is 53.0 cm³/mol. The molecule has 0 aromatic heterocycles. The summed E-state index contributed by atoms with van der Waals surface area (Å²) >= 11 is 0. The monoisotopic (exact) mass is 210 g/mol. The lowest BCUT2D eigenvalue weighted by Gasteiger charge is -1.85. The van der Waals surface area contributed by atoms with Crippen LogP contribution in [-0.2, 0) is 4.79 Å². The highest BCUT2D eigenvalue weighted by Gasteiger charge is 1.90. The van der Waals surface area contributed by atoms with Crippen molar-refractivity contribution in [2.75, 3.05) is 13.1 Å². The van der Waals surface area contributed by atoms with Gasteiger partial charge in [0.15, 0.2) is 0 Å². The number of carboxylic acid groups (broad SMARTS) is 1. The van der Waals surface area contributed by atoms with Gasteiger partial charge in [0, 0.05) is 6.42 Å². The molecule has 0 unspecified atom stereocenters. The van der Waals surface area contributed by atoms with Crippen LogP contribution in [0, 0.1) is 22.7 Å². The van der Waals surface area contributed by atoms with E-state index in [0.29, 0.717) is 6.42 Å². The first-order valence-corrected chi connectivity index (χ1v) is 4.48. The maximum atomic E-state index is 9.76. The van der Waals surface area contributed by atoms with Gasteiger partial charge in [-0.15, -0.1) is 0 Å². The molecule has 15 heavy (non-hydrogen) atoms. The Kier molecular flexibility index (Phi) is 15.1. The van der Waals surface area contributed by atoms with Crippen LogP contribution in [0.25, 0.3) is 0 Å². The van der Waals surface area contributed by atoms with Crippen LogP contribution >= 0.6 is 0 Å². The molecule has 0 fully saturated rings. The third-order valence-corrected chi connectivity index (χ3v) is 1.13. The molecule has 0 aromatic carbocycles. The molecule has 0 aliphatic heterocycles. The zero-order valence-electron chi connectivity index (χ0n) is 8.68. The average molecular weight is 210 g/mol. The zero-order valence-corrected chi connectivity index (χ0v) is 8.68. The number of carboxylic acids is 1. The molecule has 0 heterocycles. The topological polar surface area (TPSA) is 110 Å². The highest BCUT2D eigenvalue weighted by atomic mass is 16.4. The second-order valence-corrected chi connectivity index (χ2v) is 2.41. The number of nitrogens with zero attached hydrogens (tertiary/aromatic N) is 4. The smallest absolute Gasteiger partial charge is 0.303 e. The Labute approximate surface area is 88.9 Å². The number of aliphatic carboxylic acids is 1. The Bertz CT molecular complexity index is 244. The fourth-order valence-corrected chi connectivity index (χ4v) is 0.491. The first kappa shape index (κ1) is 15.5. The summed E-state index contributed by atoms with van der Waals surface area (Å²) in [4.78, 5) is 9.76. The summed E-state index contributed by atoms with van der Waals surface area (Å²) in [5, 5.41) is 30.4. The van der Waals surface area contributed by atoms with Gasteiger partial charge in [0.05, 0.1) is 12.1 Å². The van der Waals surface area contributed by atoms with Gasteiger partial charge in [-0.3, -0.25) is 4.79 Å². The summed E-state index contributed by atoms with van der Waals surface area (Å²) in [7, 11) is 0. The van der Waals surface area contributed by atoms with E-state index in [4.69, 9.17) is 15.6 Å². The van der Waals surface area contributed by atoms with Crippen LogP contribution in [0.5, 0.6) is 0 Å². The van der Waals surface area contributed by atoms with Gasteiger partial charge in [0.2, 0.25) is 0 Å². The lowest BCUT2D eigenvalue weighted by Crippen LogP contribution is -1.91. The fourth-order valence-electron chi connectivity index (χ4n) is 0.491. The molecule has 1 N–H and O–H groups in total. The molecule has 0 aromatic rings. The lowest BCUT2D eigenvalue weighted by molar-refractivity contribution is -0.137. The van der Waals surface area contributed by atoms with Crippen molar-refractivity contribution in [2.24, 2.45) is 10.2 Å². The minimum Gasteiger partial charge on any atom is -0.481 e. The molecule has 0 saturated heterocycles. The predicted octanol–water partition coefficient (Wildman–Crippen LogP) is 1.75. The quantitative estimate of drug-likeness (QED) is 0.550. The highest BCUT2D eigenvalue weighted by Crippen LogP contribution is 1.91. The maximum absolute atomic E-state index is 9.76. The van der Waals surface area contributed by atoms with Gasteiger partial charge in [-0.05, 0) is 6.42 Å². The molecule has 0 amide bonds. The van der Waals surface area contributed by atoms with Gasteiger partial charge in [0.25, 0.3) is 0 Å². The first-order valence-electron chi connectivity index (χ1n) is 4.48. The van der Waals surface area contributed by atoms with Crippen LogP contribution in [0.15, 0.2) is 10.2 Å². The Morgan fingerprint density at radius 2 is 1.73 bits per heavy atom. The van der Waals surface area contributed by atoms with E-state index in [1.165, 1.54) is 0 Å². The molecule has 6 heteroatoms. The summed E-state index contributed by atoms with van der Waals surface area (Å²) in [6, 6.07) is 3.51. The Hall–Kier alpha value is -1.95. The van der Waals surface area contributed by atoms with Crippen molar-refractivity contribution in [2.45, 2.75) is 26.2 Å². The molecule has 6 nitrogen and oxygen atoms in total. The molecule has 0 aliphatic carbocycles. The third-order valence-electron chi connectivity index (χ3n) is 1.13. The molecular formula is C9H14N4O2. The van der Waals surface area contributed by atoms with E-state index in [-0.39, 0.29) is 13.1 Å². The summed E-state index contributed by atoms with van der Waals surface area (Å²) in [6.07, 6.45) is 2.08. The second kappa shape index (κ2) is 14.6. The first-order chi connectivity index (χ1) is 7.18. The van der Waals surface area contributed by atoms with Crippen molar-refractivity contribution < 1.29 is 9.90 Å². The van der Waals surface area contributed by atoms with Crippen LogP contribution < -0.4 is 0 Å². The molecule has 0 radical (unpaired) electrons. The normalized spacial score (nSPS) is 8.47. The van der Waals surface area contributed by atoms with Gasteiger partial charge in [0.1, 0.15) is 13.1 Å². The SMILES string of the molecule is CCCCC(=O)O.N#CCN=NCC#N. The largest absolute Gasteiger partial charge is 0.481 e. The van der Waals surface area contributed by atoms with Gasteiger partial charge >= 0.3 is 5.97 Å². The van der Waals surface area contributed by atoms with Crippen LogP contribution in [-0.4, -0.2) is 24.2 Å². The van der Waals surface area contributed by atoms with E-state index in [1.807, 2.05) is 6.92 Å².